The first-order valence-electron chi connectivity index (χ1n) is 6.73. The highest BCUT2D eigenvalue weighted by Crippen LogP contribution is 2.52. The Hall–Kier alpha value is -2.21. The Morgan fingerprint density at radius 3 is 2.82 bits per heavy atom. The van der Waals surface area contributed by atoms with Crippen molar-refractivity contribution in [1.29, 1.82) is 0 Å². The SMILES string of the molecule is NC1=CC2(CN1)c1cc(O)ccc1Oc1c(F)cc(Br)cc12. The van der Waals surface area contributed by atoms with Crippen LogP contribution in [0.1, 0.15) is 11.1 Å². The van der Waals surface area contributed by atoms with Crippen molar-refractivity contribution in [3.8, 4) is 17.2 Å². The van der Waals surface area contributed by atoms with E-state index in [9.17, 15) is 9.50 Å². The van der Waals surface area contributed by atoms with E-state index in [-0.39, 0.29) is 11.5 Å². The molecule has 1 unspecified atom stereocenters. The van der Waals surface area contributed by atoms with Crippen LogP contribution in [0.15, 0.2) is 46.7 Å². The number of nitrogens with two attached hydrogens (primary N) is 1. The summed E-state index contributed by atoms with van der Waals surface area (Å²) < 4.78 is 20.7. The van der Waals surface area contributed by atoms with Crippen molar-refractivity contribution in [3.05, 3.63) is 63.6 Å². The predicted molar refractivity (Wildman–Crippen MR) is 83.3 cm³/mol. The number of phenolic OH excluding ortho intramolecular Hbond substituents is 1. The predicted octanol–water partition coefficient (Wildman–Crippen LogP) is 3.09. The van der Waals surface area contributed by atoms with Crippen molar-refractivity contribution in [2.24, 2.45) is 5.73 Å². The smallest absolute Gasteiger partial charge is 0.167 e. The van der Waals surface area contributed by atoms with Crippen molar-refractivity contribution < 1.29 is 14.2 Å². The van der Waals surface area contributed by atoms with E-state index in [0.717, 1.165) is 5.56 Å². The molecule has 2 aromatic carbocycles. The first kappa shape index (κ1) is 13.5. The van der Waals surface area contributed by atoms with Gasteiger partial charge in [-0.05, 0) is 36.4 Å². The molecule has 0 bridgehead atoms. The average Bonchev–Trinajstić information content (AvgIpc) is 2.85. The van der Waals surface area contributed by atoms with E-state index in [1.165, 1.54) is 12.1 Å². The number of fused-ring (bicyclic) bond motifs is 4. The molecule has 1 spiro atoms. The van der Waals surface area contributed by atoms with Crippen molar-refractivity contribution in [2.75, 3.05) is 6.54 Å². The quantitative estimate of drug-likeness (QED) is 0.673. The second-order valence-electron chi connectivity index (χ2n) is 5.47. The minimum absolute atomic E-state index is 0.125. The standard InChI is InChI=1S/C16H12BrFN2O2/c17-8-3-11-15(12(18)4-8)22-13-2-1-9(21)5-10(13)16(11)6-14(19)20-7-16/h1-6,20-21H,7,19H2. The monoisotopic (exact) mass is 362 g/mol. The largest absolute Gasteiger partial charge is 0.508 e. The molecule has 2 heterocycles. The van der Waals surface area contributed by atoms with Crippen molar-refractivity contribution >= 4 is 15.9 Å². The van der Waals surface area contributed by atoms with Gasteiger partial charge in [-0.15, -0.1) is 0 Å². The minimum Gasteiger partial charge on any atom is -0.508 e. The van der Waals surface area contributed by atoms with Gasteiger partial charge in [0.15, 0.2) is 11.6 Å². The molecule has 22 heavy (non-hydrogen) atoms. The van der Waals surface area contributed by atoms with Gasteiger partial charge in [0.05, 0.1) is 11.2 Å². The molecule has 0 fully saturated rings. The van der Waals surface area contributed by atoms with Gasteiger partial charge in [0.25, 0.3) is 0 Å². The van der Waals surface area contributed by atoms with Gasteiger partial charge in [-0.1, -0.05) is 15.9 Å². The summed E-state index contributed by atoms with van der Waals surface area (Å²) in [6.45, 7) is 0.474. The highest BCUT2D eigenvalue weighted by molar-refractivity contribution is 9.10. The highest BCUT2D eigenvalue weighted by atomic mass is 79.9. The molecule has 2 aromatic rings. The molecule has 0 saturated heterocycles. The second-order valence-corrected chi connectivity index (χ2v) is 6.39. The number of ether oxygens (including phenoxy) is 1. The summed E-state index contributed by atoms with van der Waals surface area (Å²) in [4.78, 5) is 0. The number of aromatic hydroxyl groups is 1. The molecule has 1 atom stereocenters. The molecule has 0 radical (unpaired) electrons. The molecule has 0 aromatic heterocycles. The van der Waals surface area contributed by atoms with E-state index >= 15 is 0 Å². The summed E-state index contributed by atoms with van der Waals surface area (Å²) in [5.41, 5.74) is 6.67. The normalized spacial score (nSPS) is 21.6. The van der Waals surface area contributed by atoms with Crippen LogP contribution in [0.5, 0.6) is 17.2 Å². The molecular formula is C16H12BrFN2O2. The van der Waals surface area contributed by atoms with Gasteiger partial charge < -0.3 is 20.9 Å². The summed E-state index contributed by atoms with van der Waals surface area (Å²) in [6.07, 6.45) is 1.85. The zero-order chi connectivity index (χ0) is 15.5. The van der Waals surface area contributed by atoms with Gasteiger partial charge in [-0.2, -0.15) is 0 Å². The van der Waals surface area contributed by atoms with Crippen LogP contribution >= 0.6 is 15.9 Å². The summed E-state index contributed by atoms with van der Waals surface area (Å²) in [7, 11) is 0. The van der Waals surface area contributed by atoms with Crippen LogP contribution in [0, 0.1) is 5.82 Å². The molecule has 4 rings (SSSR count). The number of hydrogen-bond acceptors (Lipinski definition) is 4. The third-order valence-corrected chi connectivity index (χ3v) is 4.58. The molecule has 4 nitrogen and oxygen atoms in total. The minimum atomic E-state index is -0.670. The summed E-state index contributed by atoms with van der Waals surface area (Å²) >= 11 is 3.32. The average molecular weight is 363 g/mol. The van der Waals surface area contributed by atoms with Gasteiger partial charge >= 0.3 is 0 Å². The summed E-state index contributed by atoms with van der Waals surface area (Å²) in [6, 6.07) is 7.98. The lowest BCUT2D eigenvalue weighted by atomic mass is 9.73. The molecule has 0 aliphatic carbocycles. The van der Waals surface area contributed by atoms with Crippen LogP contribution in [0.4, 0.5) is 4.39 Å². The number of phenols is 1. The van der Waals surface area contributed by atoms with Gasteiger partial charge in [-0.3, -0.25) is 0 Å². The van der Waals surface area contributed by atoms with Crippen LogP contribution in [0.3, 0.4) is 0 Å². The van der Waals surface area contributed by atoms with Crippen LogP contribution in [-0.2, 0) is 5.41 Å². The first-order valence-corrected chi connectivity index (χ1v) is 7.52. The lowest BCUT2D eigenvalue weighted by molar-refractivity contribution is 0.391. The lowest BCUT2D eigenvalue weighted by Gasteiger charge is -2.35. The lowest BCUT2D eigenvalue weighted by Crippen LogP contribution is -2.34. The Labute approximate surface area is 134 Å². The summed E-state index contributed by atoms with van der Waals surface area (Å²) in [5, 5.41) is 12.9. The molecule has 0 amide bonds. The number of rotatable bonds is 0. The van der Waals surface area contributed by atoms with E-state index in [0.29, 0.717) is 28.2 Å². The molecule has 4 N–H and O–H groups in total. The van der Waals surface area contributed by atoms with E-state index in [1.54, 1.807) is 12.1 Å². The van der Waals surface area contributed by atoms with Gasteiger partial charge in [0.2, 0.25) is 0 Å². The second kappa shape index (κ2) is 4.39. The first-order chi connectivity index (χ1) is 10.5. The maximum Gasteiger partial charge on any atom is 0.167 e. The van der Waals surface area contributed by atoms with Crippen molar-refractivity contribution in [2.45, 2.75) is 5.41 Å². The molecule has 2 aliphatic rings. The molecule has 6 heteroatoms. The van der Waals surface area contributed by atoms with Crippen LogP contribution < -0.4 is 15.8 Å². The van der Waals surface area contributed by atoms with E-state index in [4.69, 9.17) is 10.5 Å². The number of hydrogen-bond donors (Lipinski definition) is 3. The number of nitrogens with one attached hydrogen (secondary N) is 1. The highest BCUT2D eigenvalue weighted by Gasteiger charge is 2.45. The number of benzene rings is 2. The van der Waals surface area contributed by atoms with E-state index < -0.39 is 11.2 Å². The Morgan fingerprint density at radius 1 is 1.27 bits per heavy atom. The van der Waals surface area contributed by atoms with Crippen LogP contribution in [-0.4, -0.2) is 11.7 Å². The Bertz CT molecular complexity index is 837. The Kier molecular flexibility index (Phi) is 2.69. The van der Waals surface area contributed by atoms with E-state index in [2.05, 4.69) is 21.2 Å². The fraction of sp³-hybridized carbons (Fsp3) is 0.125. The third-order valence-electron chi connectivity index (χ3n) is 4.12. The topological polar surface area (TPSA) is 67.5 Å². The maximum atomic E-state index is 14.4. The van der Waals surface area contributed by atoms with E-state index in [1.807, 2.05) is 12.1 Å². The Morgan fingerprint density at radius 2 is 2.09 bits per heavy atom. The van der Waals surface area contributed by atoms with Gasteiger partial charge in [0, 0.05) is 22.1 Å². The maximum absolute atomic E-state index is 14.4. The van der Waals surface area contributed by atoms with Crippen LogP contribution in [0.25, 0.3) is 0 Å². The van der Waals surface area contributed by atoms with Crippen molar-refractivity contribution in [1.82, 2.24) is 5.32 Å². The Balaban J connectivity index is 2.08. The van der Waals surface area contributed by atoms with Gasteiger partial charge in [0.1, 0.15) is 11.5 Å². The fourth-order valence-electron chi connectivity index (χ4n) is 3.16. The zero-order valence-electron chi connectivity index (χ0n) is 11.4. The molecule has 2 aliphatic heterocycles. The number of halogens is 2. The molecular weight excluding hydrogens is 351 g/mol. The van der Waals surface area contributed by atoms with Crippen molar-refractivity contribution in [3.63, 3.8) is 0 Å². The summed E-state index contributed by atoms with van der Waals surface area (Å²) in [5.74, 6) is 0.900. The molecule has 112 valence electrons. The third kappa shape index (κ3) is 1.73. The fourth-order valence-corrected chi connectivity index (χ4v) is 3.59. The molecule has 0 saturated carbocycles. The zero-order valence-corrected chi connectivity index (χ0v) is 12.9. The van der Waals surface area contributed by atoms with Gasteiger partial charge in [-0.25, -0.2) is 4.39 Å². The van der Waals surface area contributed by atoms with Crippen LogP contribution in [0.2, 0.25) is 0 Å².